The van der Waals surface area contributed by atoms with Crippen LogP contribution in [-0.4, -0.2) is 39.0 Å². The molecule has 0 aliphatic rings. The molecule has 0 aliphatic heterocycles. The molecule has 0 bridgehead atoms. The summed E-state index contributed by atoms with van der Waals surface area (Å²) in [6.45, 7) is 4.00. The first kappa shape index (κ1) is 24.6. The number of halogens is 1. The predicted octanol–water partition coefficient (Wildman–Crippen LogP) is 5.83. The molecule has 0 unspecified atom stereocenters. The Morgan fingerprint density at radius 3 is 2.40 bits per heavy atom. The van der Waals surface area contributed by atoms with Gasteiger partial charge < -0.3 is 9.84 Å². The van der Waals surface area contributed by atoms with Crippen molar-refractivity contribution < 1.29 is 14.2 Å². The largest absolute Gasteiger partial charge is 0.439 e. The third kappa shape index (κ3) is 6.56. The van der Waals surface area contributed by atoms with Gasteiger partial charge in [-0.05, 0) is 37.1 Å². The number of benzene rings is 3. The second kappa shape index (κ2) is 11.8. The van der Waals surface area contributed by atoms with Crippen LogP contribution in [-0.2, 0) is 20.0 Å². The number of hydrogen-bond acceptors (Lipinski definition) is 4. The summed E-state index contributed by atoms with van der Waals surface area (Å²) in [6, 6.07) is 26.1. The van der Waals surface area contributed by atoms with Crippen LogP contribution in [0, 0.1) is 5.82 Å². The molecule has 35 heavy (non-hydrogen) atoms. The van der Waals surface area contributed by atoms with Crippen LogP contribution >= 0.6 is 0 Å². The molecule has 6 heteroatoms. The number of aliphatic hydroxyl groups is 1. The second-order valence-corrected chi connectivity index (χ2v) is 8.76. The maximum absolute atomic E-state index is 13.8. The molecule has 5 nitrogen and oxygen atoms in total. The minimum atomic E-state index is -0.506. The van der Waals surface area contributed by atoms with Gasteiger partial charge in [-0.1, -0.05) is 73.7 Å². The topological polar surface area (TPSA) is 50.5 Å². The van der Waals surface area contributed by atoms with Gasteiger partial charge in [0, 0.05) is 31.8 Å². The standard InChI is InChI=1S/C29H32FN3O2/c1-3-17-33(20-25(34)18-22-11-6-4-7-12-22)21-27-28(23-13-8-5-9-14-23)31-32(2)29(27)35-26-16-10-15-24(30)19-26/h4-16,19,25,34H,3,17-18,20-21H2,1-2H3/t25-/m1/s1. The van der Waals surface area contributed by atoms with E-state index in [1.807, 2.05) is 67.7 Å². The highest BCUT2D eigenvalue weighted by molar-refractivity contribution is 5.65. The summed E-state index contributed by atoms with van der Waals surface area (Å²) < 4.78 is 21.7. The van der Waals surface area contributed by atoms with Gasteiger partial charge in [0.2, 0.25) is 5.88 Å². The van der Waals surface area contributed by atoms with Crippen LogP contribution < -0.4 is 4.74 Å². The van der Waals surface area contributed by atoms with Crippen molar-refractivity contribution in [3.8, 4) is 22.9 Å². The number of aromatic nitrogens is 2. The number of aryl methyl sites for hydroxylation is 1. The van der Waals surface area contributed by atoms with Crippen LogP contribution in [0.1, 0.15) is 24.5 Å². The zero-order valence-corrected chi connectivity index (χ0v) is 20.3. The fraction of sp³-hybridized carbons (Fsp3) is 0.276. The Balaban J connectivity index is 1.64. The molecule has 4 aromatic rings. The van der Waals surface area contributed by atoms with Gasteiger partial charge in [-0.3, -0.25) is 4.90 Å². The third-order valence-electron chi connectivity index (χ3n) is 5.85. The van der Waals surface area contributed by atoms with Crippen molar-refractivity contribution in [2.45, 2.75) is 32.4 Å². The lowest BCUT2D eigenvalue weighted by Crippen LogP contribution is -2.34. The van der Waals surface area contributed by atoms with Gasteiger partial charge in [0.1, 0.15) is 17.3 Å². The van der Waals surface area contributed by atoms with Crippen LogP contribution in [0.2, 0.25) is 0 Å². The molecule has 0 fully saturated rings. The molecule has 1 aromatic heterocycles. The first-order valence-electron chi connectivity index (χ1n) is 12.0. The number of aliphatic hydroxyl groups excluding tert-OH is 1. The molecule has 4 rings (SSSR count). The van der Waals surface area contributed by atoms with Crippen molar-refractivity contribution >= 4 is 0 Å². The van der Waals surface area contributed by atoms with Crippen LogP contribution in [0.15, 0.2) is 84.9 Å². The first-order valence-corrected chi connectivity index (χ1v) is 12.0. The van der Waals surface area contributed by atoms with Crippen LogP contribution in [0.5, 0.6) is 11.6 Å². The molecule has 1 heterocycles. The van der Waals surface area contributed by atoms with Gasteiger partial charge in [0.25, 0.3) is 0 Å². The van der Waals surface area contributed by atoms with Crippen molar-refractivity contribution in [1.29, 1.82) is 0 Å². The monoisotopic (exact) mass is 473 g/mol. The van der Waals surface area contributed by atoms with E-state index in [-0.39, 0.29) is 5.82 Å². The van der Waals surface area contributed by atoms with Crippen LogP contribution in [0.3, 0.4) is 0 Å². The number of hydrogen-bond donors (Lipinski definition) is 1. The minimum absolute atomic E-state index is 0.355. The van der Waals surface area contributed by atoms with E-state index in [1.165, 1.54) is 12.1 Å². The molecular formula is C29H32FN3O2. The average Bonchev–Trinajstić information content (AvgIpc) is 3.15. The fourth-order valence-electron chi connectivity index (χ4n) is 4.32. The predicted molar refractivity (Wildman–Crippen MR) is 137 cm³/mol. The quantitative estimate of drug-likeness (QED) is 0.298. The Bertz CT molecular complexity index is 1210. The van der Waals surface area contributed by atoms with Gasteiger partial charge in [-0.2, -0.15) is 5.10 Å². The minimum Gasteiger partial charge on any atom is -0.439 e. The van der Waals surface area contributed by atoms with Gasteiger partial charge in [-0.25, -0.2) is 9.07 Å². The summed E-state index contributed by atoms with van der Waals surface area (Å²) in [5, 5.41) is 15.6. The molecular weight excluding hydrogens is 441 g/mol. The highest BCUT2D eigenvalue weighted by Crippen LogP contribution is 2.34. The molecule has 0 saturated heterocycles. The molecule has 0 saturated carbocycles. The molecule has 0 spiro atoms. The van der Waals surface area contributed by atoms with Gasteiger partial charge in [0.05, 0.1) is 11.7 Å². The molecule has 3 aromatic carbocycles. The highest BCUT2D eigenvalue weighted by atomic mass is 19.1. The zero-order chi connectivity index (χ0) is 24.6. The van der Waals surface area contributed by atoms with Crippen molar-refractivity contribution in [1.82, 2.24) is 14.7 Å². The Hall–Kier alpha value is -3.48. The Kier molecular flexibility index (Phi) is 8.29. The van der Waals surface area contributed by atoms with E-state index in [2.05, 4.69) is 11.8 Å². The molecule has 0 aliphatic carbocycles. The summed E-state index contributed by atoms with van der Waals surface area (Å²) in [5.41, 5.74) is 3.81. The Labute approximate surface area is 206 Å². The summed E-state index contributed by atoms with van der Waals surface area (Å²) in [4.78, 5) is 2.23. The van der Waals surface area contributed by atoms with E-state index in [9.17, 15) is 9.50 Å². The normalized spacial score (nSPS) is 12.1. The lowest BCUT2D eigenvalue weighted by atomic mass is 10.1. The molecule has 182 valence electrons. The van der Waals surface area contributed by atoms with Crippen molar-refractivity contribution in [2.75, 3.05) is 13.1 Å². The number of ether oxygens (including phenoxy) is 1. The van der Waals surface area contributed by atoms with E-state index in [4.69, 9.17) is 9.84 Å². The lowest BCUT2D eigenvalue weighted by Gasteiger charge is -2.25. The SMILES string of the molecule is CCCN(Cc1c(-c2ccccc2)nn(C)c1Oc1cccc(F)c1)C[C@H](O)Cc1ccccc1. The maximum Gasteiger partial charge on any atom is 0.222 e. The Morgan fingerprint density at radius 2 is 1.71 bits per heavy atom. The van der Waals surface area contributed by atoms with E-state index >= 15 is 0 Å². The van der Waals surface area contributed by atoms with Crippen molar-refractivity contribution in [3.05, 3.63) is 102 Å². The smallest absolute Gasteiger partial charge is 0.222 e. The van der Waals surface area contributed by atoms with E-state index in [1.54, 1.807) is 16.8 Å². The van der Waals surface area contributed by atoms with Crippen LogP contribution in [0.25, 0.3) is 11.3 Å². The highest BCUT2D eigenvalue weighted by Gasteiger charge is 2.23. The van der Waals surface area contributed by atoms with E-state index < -0.39 is 6.10 Å². The Morgan fingerprint density at radius 1 is 1.00 bits per heavy atom. The van der Waals surface area contributed by atoms with Gasteiger partial charge in [-0.15, -0.1) is 0 Å². The zero-order valence-electron chi connectivity index (χ0n) is 20.3. The van der Waals surface area contributed by atoms with E-state index in [0.29, 0.717) is 31.1 Å². The third-order valence-corrected chi connectivity index (χ3v) is 5.85. The summed E-state index contributed by atoms with van der Waals surface area (Å²) >= 11 is 0. The molecule has 0 radical (unpaired) electrons. The van der Waals surface area contributed by atoms with Gasteiger partial charge >= 0.3 is 0 Å². The molecule has 1 N–H and O–H groups in total. The first-order chi connectivity index (χ1) is 17.0. The number of rotatable bonds is 11. The van der Waals surface area contributed by atoms with Crippen LogP contribution in [0.4, 0.5) is 4.39 Å². The second-order valence-electron chi connectivity index (χ2n) is 8.76. The lowest BCUT2D eigenvalue weighted by molar-refractivity contribution is 0.108. The van der Waals surface area contributed by atoms with E-state index in [0.717, 1.165) is 35.3 Å². The average molecular weight is 474 g/mol. The number of nitrogens with zero attached hydrogens (tertiary/aromatic N) is 3. The summed E-state index contributed by atoms with van der Waals surface area (Å²) in [5.74, 6) is 0.624. The van der Waals surface area contributed by atoms with Crippen molar-refractivity contribution in [2.24, 2.45) is 7.05 Å². The van der Waals surface area contributed by atoms with Gasteiger partial charge in [0.15, 0.2) is 0 Å². The van der Waals surface area contributed by atoms with Crippen molar-refractivity contribution in [3.63, 3.8) is 0 Å². The maximum atomic E-state index is 13.8. The molecule has 0 amide bonds. The fourth-order valence-corrected chi connectivity index (χ4v) is 4.32. The molecule has 1 atom stereocenters. The summed E-state index contributed by atoms with van der Waals surface area (Å²) in [6.07, 6.45) is 1.03. The summed E-state index contributed by atoms with van der Waals surface area (Å²) in [7, 11) is 1.83.